The number of nitrogens with zero attached hydrogens (tertiary/aromatic N) is 2. The number of hydrogen-bond donors (Lipinski definition) is 1. The van der Waals surface area contributed by atoms with E-state index < -0.39 is 10.0 Å². The lowest BCUT2D eigenvalue weighted by molar-refractivity contribution is -0.121. The van der Waals surface area contributed by atoms with Crippen LogP contribution in [0.2, 0.25) is 10.0 Å². The second kappa shape index (κ2) is 11.0. The summed E-state index contributed by atoms with van der Waals surface area (Å²) in [4.78, 5) is 15.2. The summed E-state index contributed by atoms with van der Waals surface area (Å²) >= 11 is 12.2. The molecule has 6 nitrogen and oxygen atoms in total. The lowest BCUT2D eigenvalue weighted by Crippen LogP contribution is -2.37. The van der Waals surface area contributed by atoms with Crippen LogP contribution in [-0.2, 0) is 21.4 Å². The molecule has 0 bridgehead atoms. The van der Waals surface area contributed by atoms with Crippen molar-refractivity contribution in [3.63, 3.8) is 0 Å². The number of benzene rings is 2. The number of rotatable bonds is 8. The van der Waals surface area contributed by atoms with Gasteiger partial charge in [0.2, 0.25) is 15.9 Å². The molecule has 1 aliphatic rings. The van der Waals surface area contributed by atoms with E-state index in [1.807, 2.05) is 26.0 Å². The molecule has 174 valence electrons. The minimum atomic E-state index is -3.51. The molecular formula is C23H29Cl2N3O3S. The summed E-state index contributed by atoms with van der Waals surface area (Å²) in [5.74, 6) is -0.112. The number of sulfonamides is 1. The number of carbonyl (C=O) groups excluding carboxylic acids is 1. The minimum Gasteiger partial charge on any atom is -0.326 e. The van der Waals surface area contributed by atoms with Gasteiger partial charge in [-0.15, -0.1) is 0 Å². The standard InChI is InChI=1S/C23H29Cl2N3O3S/c1-3-28(4-2)32(30,31)21-9-7-20(8-10-21)26-23(29)17-11-13-27(14-12-17)16-18-5-6-19(24)15-22(18)25/h5-10,15,17H,3-4,11-14,16H2,1-2H3,(H,26,29). The van der Waals surface area contributed by atoms with Gasteiger partial charge in [0.05, 0.1) is 4.90 Å². The summed E-state index contributed by atoms with van der Waals surface area (Å²) in [7, 11) is -3.51. The van der Waals surface area contributed by atoms with Gasteiger partial charge in [0, 0.05) is 41.3 Å². The molecule has 1 N–H and O–H groups in total. The third-order valence-corrected chi connectivity index (χ3v) is 8.48. The first-order valence-corrected chi connectivity index (χ1v) is 13.0. The van der Waals surface area contributed by atoms with Gasteiger partial charge in [0.15, 0.2) is 0 Å². The molecule has 1 aliphatic heterocycles. The van der Waals surface area contributed by atoms with Crippen molar-refractivity contribution < 1.29 is 13.2 Å². The van der Waals surface area contributed by atoms with E-state index in [0.717, 1.165) is 38.0 Å². The maximum Gasteiger partial charge on any atom is 0.243 e. The number of piperidine rings is 1. The van der Waals surface area contributed by atoms with E-state index in [0.29, 0.717) is 28.8 Å². The van der Waals surface area contributed by atoms with E-state index in [9.17, 15) is 13.2 Å². The Morgan fingerprint density at radius 2 is 1.69 bits per heavy atom. The van der Waals surface area contributed by atoms with Crippen LogP contribution in [0.1, 0.15) is 32.3 Å². The molecule has 2 aromatic rings. The predicted octanol–water partition coefficient (Wildman–Crippen LogP) is 4.87. The molecule has 0 atom stereocenters. The number of carbonyl (C=O) groups is 1. The number of halogens is 2. The molecule has 0 spiro atoms. The molecule has 1 amide bonds. The highest BCUT2D eigenvalue weighted by atomic mass is 35.5. The Hall–Kier alpha value is -1.64. The summed E-state index contributed by atoms with van der Waals surface area (Å²) in [6.07, 6.45) is 1.51. The van der Waals surface area contributed by atoms with Gasteiger partial charge in [0.25, 0.3) is 0 Å². The summed E-state index contributed by atoms with van der Waals surface area (Å²) in [6.45, 7) is 6.79. The van der Waals surface area contributed by atoms with Crippen molar-refractivity contribution in [1.29, 1.82) is 0 Å². The summed E-state index contributed by atoms with van der Waals surface area (Å²) in [6, 6.07) is 11.9. The van der Waals surface area contributed by atoms with Gasteiger partial charge in [-0.3, -0.25) is 9.69 Å². The first-order valence-electron chi connectivity index (χ1n) is 10.8. The second-order valence-corrected chi connectivity index (χ2v) is 10.7. The van der Waals surface area contributed by atoms with Crippen molar-refractivity contribution in [2.24, 2.45) is 5.92 Å². The molecule has 0 aliphatic carbocycles. The third-order valence-electron chi connectivity index (χ3n) is 5.83. The lowest BCUT2D eigenvalue weighted by Gasteiger charge is -2.31. The van der Waals surface area contributed by atoms with E-state index in [-0.39, 0.29) is 16.7 Å². The van der Waals surface area contributed by atoms with E-state index in [1.54, 1.807) is 30.3 Å². The summed E-state index contributed by atoms with van der Waals surface area (Å²) < 4.78 is 26.6. The van der Waals surface area contributed by atoms with Crippen LogP contribution in [0.25, 0.3) is 0 Å². The number of nitrogens with one attached hydrogen (secondary N) is 1. The van der Waals surface area contributed by atoms with Gasteiger partial charge < -0.3 is 5.32 Å². The molecule has 0 aromatic heterocycles. The molecule has 1 saturated heterocycles. The molecule has 3 rings (SSSR count). The fourth-order valence-electron chi connectivity index (χ4n) is 3.91. The summed E-state index contributed by atoms with van der Waals surface area (Å²) in [5.41, 5.74) is 1.63. The SMILES string of the molecule is CCN(CC)S(=O)(=O)c1ccc(NC(=O)C2CCN(Cc3ccc(Cl)cc3Cl)CC2)cc1. The number of hydrogen-bond acceptors (Lipinski definition) is 4. The molecule has 1 fully saturated rings. The Bertz CT molecular complexity index is 1030. The van der Waals surface area contributed by atoms with Crippen molar-refractivity contribution >= 4 is 44.8 Å². The van der Waals surface area contributed by atoms with Gasteiger partial charge in [-0.1, -0.05) is 43.1 Å². The maximum atomic E-state index is 12.7. The zero-order valence-corrected chi connectivity index (χ0v) is 20.7. The van der Waals surface area contributed by atoms with Crippen LogP contribution < -0.4 is 5.32 Å². The average Bonchev–Trinajstić information content (AvgIpc) is 2.77. The predicted molar refractivity (Wildman–Crippen MR) is 130 cm³/mol. The maximum absolute atomic E-state index is 12.7. The Morgan fingerprint density at radius 1 is 1.06 bits per heavy atom. The molecule has 1 heterocycles. The topological polar surface area (TPSA) is 69.7 Å². The fraction of sp³-hybridized carbons (Fsp3) is 0.435. The van der Waals surface area contributed by atoms with Crippen LogP contribution in [0.3, 0.4) is 0 Å². The Kier molecular flexibility index (Phi) is 8.58. The minimum absolute atomic E-state index is 0.0338. The van der Waals surface area contributed by atoms with Gasteiger partial charge in [-0.05, 0) is 67.9 Å². The van der Waals surface area contributed by atoms with Crippen LogP contribution in [0.5, 0.6) is 0 Å². The highest BCUT2D eigenvalue weighted by molar-refractivity contribution is 7.89. The zero-order chi connectivity index (χ0) is 23.3. The average molecular weight is 498 g/mol. The molecule has 32 heavy (non-hydrogen) atoms. The Labute approximate surface area is 200 Å². The van der Waals surface area contributed by atoms with Gasteiger partial charge in [-0.25, -0.2) is 8.42 Å². The molecule has 0 radical (unpaired) electrons. The highest BCUT2D eigenvalue weighted by Crippen LogP contribution is 2.26. The lowest BCUT2D eigenvalue weighted by atomic mass is 9.95. The molecule has 2 aromatic carbocycles. The van der Waals surface area contributed by atoms with E-state index in [4.69, 9.17) is 23.2 Å². The van der Waals surface area contributed by atoms with Gasteiger partial charge in [-0.2, -0.15) is 4.31 Å². The van der Waals surface area contributed by atoms with Gasteiger partial charge in [0.1, 0.15) is 0 Å². The van der Waals surface area contributed by atoms with E-state index in [1.165, 1.54) is 4.31 Å². The van der Waals surface area contributed by atoms with Crippen LogP contribution in [0.15, 0.2) is 47.4 Å². The zero-order valence-electron chi connectivity index (χ0n) is 18.4. The van der Waals surface area contributed by atoms with Crippen molar-refractivity contribution in [3.8, 4) is 0 Å². The Morgan fingerprint density at radius 3 is 2.25 bits per heavy atom. The fourth-order valence-corrected chi connectivity index (χ4v) is 5.84. The monoisotopic (exact) mass is 497 g/mol. The first kappa shape index (κ1) is 25.0. The molecule has 0 unspecified atom stereocenters. The Balaban J connectivity index is 1.53. The second-order valence-electron chi connectivity index (χ2n) is 7.89. The number of anilines is 1. The quantitative estimate of drug-likeness (QED) is 0.564. The van der Waals surface area contributed by atoms with Crippen LogP contribution in [0, 0.1) is 5.92 Å². The van der Waals surface area contributed by atoms with Crippen molar-refractivity contribution in [2.75, 3.05) is 31.5 Å². The van der Waals surface area contributed by atoms with Crippen molar-refractivity contribution in [1.82, 2.24) is 9.21 Å². The van der Waals surface area contributed by atoms with Crippen LogP contribution in [-0.4, -0.2) is 49.7 Å². The number of likely N-dealkylation sites (tertiary alicyclic amines) is 1. The van der Waals surface area contributed by atoms with E-state index >= 15 is 0 Å². The van der Waals surface area contributed by atoms with Crippen molar-refractivity contribution in [2.45, 2.75) is 38.1 Å². The number of amides is 1. The molecule has 9 heteroatoms. The largest absolute Gasteiger partial charge is 0.326 e. The van der Waals surface area contributed by atoms with E-state index in [2.05, 4.69) is 10.2 Å². The first-order chi connectivity index (χ1) is 15.2. The summed E-state index contributed by atoms with van der Waals surface area (Å²) in [5, 5.41) is 4.20. The van der Waals surface area contributed by atoms with Gasteiger partial charge >= 0.3 is 0 Å². The van der Waals surface area contributed by atoms with Crippen LogP contribution >= 0.6 is 23.2 Å². The molecule has 0 saturated carbocycles. The third kappa shape index (κ3) is 6.02. The smallest absolute Gasteiger partial charge is 0.243 e. The van der Waals surface area contributed by atoms with Crippen LogP contribution in [0.4, 0.5) is 5.69 Å². The van der Waals surface area contributed by atoms with Crippen molar-refractivity contribution in [3.05, 3.63) is 58.1 Å². The molecular weight excluding hydrogens is 469 g/mol. The normalized spacial score (nSPS) is 15.8. The highest BCUT2D eigenvalue weighted by Gasteiger charge is 2.26.